The van der Waals surface area contributed by atoms with Crippen molar-refractivity contribution in [3.05, 3.63) is 55.1 Å². The topological polar surface area (TPSA) is 21.3 Å². The molecule has 2 rings (SSSR count). The van der Waals surface area contributed by atoms with Crippen molar-refractivity contribution in [1.82, 2.24) is 0 Å². The van der Waals surface area contributed by atoms with Crippen molar-refractivity contribution >= 4 is 53.5 Å². The highest BCUT2D eigenvalue weighted by Crippen LogP contribution is 2.33. The number of halogens is 4. The van der Waals surface area contributed by atoms with E-state index in [9.17, 15) is 4.39 Å². The van der Waals surface area contributed by atoms with Gasteiger partial charge in [0.25, 0.3) is 0 Å². The van der Waals surface area contributed by atoms with Crippen LogP contribution in [0.3, 0.4) is 0 Å². The van der Waals surface area contributed by atoms with E-state index in [0.29, 0.717) is 12.2 Å². The number of ether oxygens (including phenoxy) is 1. The molecule has 0 aromatic heterocycles. The molecule has 106 valence electrons. The molecular formula is C14H11Br3FNO. The Morgan fingerprint density at radius 1 is 1.10 bits per heavy atom. The molecule has 0 atom stereocenters. The normalized spacial score (nSPS) is 10.4. The van der Waals surface area contributed by atoms with E-state index in [1.165, 1.54) is 6.07 Å². The van der Waals surface area contributed by atoms with E-state index in [2.05, 4.69) is 53.1 Å². The number of hydrogen-bond acceptors (Lipinski definition) is 2. The van der Waals surface area contributed by atoms with Crippen LogP contribution >= 0.6 is 47.8 Å². The lowest BCUT2D eigenvalue weighted by molar-refractivity contribution is 0.407. The molecule has 0 saturated heterocycles. The first-order valence-corrected chi connectivity index (χ1v) is 8.10. The van der Waals surface area contributed by atoms with Crippen molar-refractivity contribution in [2.75, 3.05) is 12.4 Å². The van der Waals surface area contributed by atoms with Crippen molar-refractivity contribution in [2.24, 2.45) is 0 Å². The fourth-order valence-electron chi connectivity index (χ4n) is 1.80. The molecule has 0 unspecified atom stereocenters. The van der Waals surface area contributed by atoms with Crippen LogP contribution in [0.4, 0.5) is 10.1 Å². The summed E-state index contributed by atoms with van der Waals surface area (Å²) >= 11 is 10.2. The first kappa shape index (κ1) is 15.8. The Kier molecular flexibility index (Phi) is 5.46. The first-order chi connectivity index (χ1) is 9.51. The summed E-state index contributed by atoms with van der Waals surface area (Å²) in [4.78, 5) is 0. The van der Waals surface area contributed by atoms with E-state index in [0.717, 1.165) is 24.7 Å². The van der Waals surface area contributed by atoms with Gasteiger partial charge in [-0.1, -0.05) is 31.9 Å². The standard InChI is InChI=1S/C14H11Br3FNO/c1-20-14-8(4-10(16)5-11(14)17)7-19-13-6-9(15)2-3-12(13)18/h2-6,19H,7H2,1H3. The van der Waals surface area contributed by atoms with Gasteiger partial charge in [-0.15, -0.1) is 0 Å². The van der Waals surface area contributed by atoms with Crippen LogP contribution in [0.5, 0.6) is 5.75 Å². The van der Waals surface area contributed by atoms with Crippen molar-refractivity contribution < 1.29 is 9.13 Å². The predicted octanol–water partition coefficient (Wildman–Crippen LogP) is 5.73. The maximum atomic E-state index is 13.7. The minimum atomic E-state index is -0.291. The highest BCUT2D eigenvalue weighted by atomic mass is 79.9. The van der Waals surface area contributed by atoms with Gasteiger partial charge in [0, 0.05) is 21.1 Å². The molecule has 0 aliphatic rings. The van der Waals surface area contributed by atoms with E-state index in [1.54, 1.807) is 19.2 Å². The molecule has 0 bridgehead atoms. The number of anilines is 1. The van der Waals surface area contributed by atoms with Crippen LogP contribution in [0.15, 0.2) is 43.7 Å². The molecule has 0 saturated carbocycles. The first-order valence-electron chi connectivity index (χ1n) is 5.72. The number of benzene rings is 2. The zero-order chi connectivity index (χ0) is 14.7. The Labute approximate surface area is 142 Å². The molecule has 6 heteroatoms. The third-order valence-electron chi connectivity index (χ3n) is 2.69. The average molecular weight is 468 g/mol. The second-order valence-electron chi connectivity index (χ2n) is 4.06. The quantitative estimate of drug-likeness (QED) is 0.619. The summed E-state index contributed by atoms with van der Waals surface area (Å²) in [5.74, 6) is 0.442. The fraction of sp³-hybridized carbons (Fsp3) is 0.143. The molecule has 2 aromatic rings. The molecule has 0 fully saturated rings. The lowest BCUT2D eigenvalue weighted by atomic mass is 10.2. The van der Waals surface area contributed by atoms with E-state index < -0.39 is 0 Å². The predicted molar refractivity (Wildman–Crippen MR) is 89.8 cm³/mol. The Morgan fingerprint density at radius 3 is 2.55 bits per heavy atom. The highest BCUT2D eigenvalue weighted by Gasteiger charge is 2.10. The molecule has 0 radical (unpaired) electrons. The smallest absolute Gasteiger partial charge is 0.146 e. The summed E-state index contributed by atoms with van der Waals surface area (Å²) in [6.45, 7) is 0.453. The molecule has 2 nitrogen and oxygen atoms in total. The summed E-state index contributed by atoms with van der Waals surface area (Å²) < 4.78 is 21.6. The summed E-state index contributed by atoms with van der Waals surface area (Å²) in [5.41, 5.74) is 1.37. The molecule has 0 spiro atoms. The van der Waals surface area contributed by atoms with Crippen molar-refractivity contribution in [1.29, 1.82) is 0 Å². The van der Waals surface area contributed by atoms with Gasteiger partial charge in [-0.05, 0) is 46.3 Å². The largest absolute Gasteiger partial charge is 0.495 e. The Morgan fingerprint density at radius 2 is 1.85 bits per heavy atom. The van der Waals surface area contributed by atoms with Crippen LogP contribution in [0.2, 0.25) is 0 Å². The molecule has 20 heavy (non-hydrogen) atoms. The maximum absolute atomic E-state index is 13.7. The molecule has 0 heterocycles. The lowest BCUT2D eigenvalue weighted by Crippen LogP contribution is -2.04. The zero-order valence-corrected chi connectivity index (χ0v) is 15.3. The number of nitrogens with one attached hydrogen (secondary N) is 1. The SMILES string of the molecule is COc1c(Br)cc(Br)cc1CNc1cc(Br)ccc1F. The van der Waals surface area contributed by atoms with Gasteiger partial charge >= 0.3 is 0 Å². The second-order valence-corrected chi connectivity index (χ2v) is 6.74. The molecule has 0 aliphatic carbocycles. The summed E-state index contributed by atoms with van der Waals surface area (Å²) in [7, 11) is 1.61. The highest BCUT2D eigenvalue weighted by molar-refractivity contribution is 9.11. The number of rotatable bonds is 4. The number of methoxy groups -OCH3 is 1. The van der Waals surface area contributed by atoms with Gasteiger partial charge in [-0.25, -0.2) is 4.39 Å². The van der Waals surface area contributed by atoms with E-state index in [1.807, 2.05) is 12.1 Å². The molecular weight excluding hydrogens is 457 g/mol. The van der Waals surface area contributed by atoms with Gasteiger partial charge in [0.05, 0.1) is 17.3 Å². The van der Waals surface area contributed by atoms with Crippen LogP contribution in [-0.2, 0) is 6.54 Å². The molecule has 2 aromatic carbocycles. The summed E-state index contributed by atoms with van der Waals surface area (Å²) in [6, 6.07) is 8.63. The fourth-order valence-corrected chi connectivity index (χ4v) is 3.63. The molecule has 1 N–H and O–H groups in total. The van der Waals surface area contributed by atoms with Crippen molar-refractivity contribution in [3.63, 3.8) is 0 Å². The van der Waals surface area contributed by atoms with Crippen LogP contribution < -0.4 is 10.1 Å². The minimum absolute atomic E-state index is 0.291. The minimum Gasteiger partial charge on any atom is -0.495 e. The van der Waals surface area contributed by atoms with E-state index >= 15 is 0 Å². The Bertz CT molecular complexity index is 634. The second kappa shape index (κ2) is 6.91. The monoisotopic (exact) mass is 465 g/mol. The van der Waals surface area contributed by atoms with Gasteiger partial charge in [0.2, 0.25) is 0 Å². The van der Waals surface area contributed by atoms with Crippen molar-refractivity contribution in [2.45, 2.75) is 6.54 Å². The van der Waals surface area contributed by atoms with Gasteiger partial charge in [-0.3, -0.25) is 0 Å². The third-order valence-corrected chi connectivity index (χ3v) is 4.23. The lowest BCUT2D eigenvalue weighted by Gasteiger charge is -2.13. The maximum Gasteiger partial charge on any atom is 0.146 e. The Balaban J connectivity index is 2.24. The summed E-state index contributed by atoms with van der Waals surface area (Å²) in [6.07, 6.45) is 0. The van der Waals surface area contributed by atoms with Crippen LogP contribution in [0.1, 0.15) is 5.56 Å². The van der Waals surface area contributed by atoms with Crippen LogP contribution in [0, 0.1) is 5.82 Å². The van der Waals surface area contributed by atoms with Gasteiger partial charge in [0.15, 0.2) is 0 Å². The van der Waals surface area contributed by atoms with Gasteiger partial charge in [-0.2, -0.15) is 0 Å². The van der Waals surface area contributed by atoms with Gasteiger partial charge < -0.3 is 10.1 Å². The van der Waals surface area contributed by atoms with E-state index in [4.69, 9.17) is 4.74 Å². The van der Waals surface area contributed by atoms with E-state index in [-0.39, 0.29) is 5.82 Å². The van der Waals surface area contributed by atoms with Gasteiger partial charge in [0.1, 0.15) is 11.6 Å². The molecule has 0 amide bonds. The third kappa shape index (κ3) is 3.74. The Hall–Kier alpha value is -0.590. The van der Waals surface area contributed by atoms with Crippen molar-refractivity contribution in [3.8, 4) is 5.75 Å². The van der Waals surface area contributed by atoms with Crippen LogP contribution in [-0.4, -0.2) is 7.11 Å². The summed E-state index contributed by atoms with van der Waals surface area (Å²) in [5, 5.41) is 3.07. The zero-order valence-electron chi connectivity index (χ0n) is 10.5. The number of hydrogen-bond donors (Lipinski definition) is 1. The van der Waals surface area contributed by atoms with Crippen LogP contribution in [0.25, 0.3) is 0 Å². The molecule has 0 aliphatic heterocycles. The average Bonchev–Trinajstić information content (AvgIpc) is 2.39.